The van der Waals surface area contributed by atoms with Gasteiger partial charge in [0.05, 0.1) is 5.69 Å². The van der Waals surface area contributed by atoms with Crippen LogP contribution in [0.15, 0.2) is 116 Å². The maximum absolute atomic E-state index is 13.6. The van der Waals surface area contributed by atoms with Gasteiger partial charge in [0.15, 0.2) is 0 Å². The van der Waals surface area contributed by atoms with Crippen LogP contribution in [0.1, 0.15) is 10.4 Å². The van der Waals surface area contributed by atoms with Gasteiger partial charge < -0.3 is 15.4 Å². The molecule has 0 aliphatic carbocycles. The van der Waals surface area contributed by atoms with E-state index in [4.69, 9.17) is 4.74 Å². The number of carbonyl (C=O) groups is 1. The molecule has 36 heavy (non-hydrogen) atoms. The summed E-state index contributed by atoms with van der Waals surface area (Å²) in [5.74, 6) is 1.35. The third kappa shape index (κ3) is 5.71. The molecule has 0 spiro atoms. The molecule has 1 heterocycles. The van der Waals surface area contributed by atoms with E-state index in [1.807, 2.05) is 36.4 Å². The number of anilines is 3. The Hall–Kier alpha value is -5.04. The smallest absolute Gasteiger partial charge is 0.255 e. The average molecular weight is 477 g/mol. The highest BCUT2D eigenvalue weighted by atomic mass is 19.1. The lowest BCUT2D eigenvalue weighted by atomic mass is 10.1. The van der Waals surface area contributed by atoms with Gasteiger partial charge in [-0.3, -0.25) is 4.79 Å². The van der Waals surface area contributed by atoms with E-state index < -0.39 is 0 Å². The van der Waals surface area contributed by atoms with Crippen LogP contribution in [0.4, 0.5) is 21.6 Å². The quantitative estimate of drug-likeness (QED) is 0.263. The van der Waals surface area contributed by atoms with Crippen molar-refractivity contribution < 1.29 is 13.9 Å². The molecule has 0 aliphatic heterocycles. The first-order valence-corrected chi connectivity index (χ1v) is 11.2. The Kier molecular flexibility index (Phi) is 6.62. The molecule has 7 heteroatoms. The lowest BCUT2D eigenvalue weighted by Gasteiger charge is -2.10. The van der Waals surface area contributed by atoms with Crippen molar-refractivity contribution in [3.05, 3.63) is 127 Å². The second kappa shape index (κ2) is 10.5. The predicted octanol–water partition coefficient (Wildman–Crippen LogP) is 7.07. The lowest BCUT2D eigenvalue weighted by molar-refractivity contribution is 0.102. The first-order chi connectivity index (χ1) is 17.6. The molecule has 0 radical (unpaired) electrons. The summed E-state index contributed by atoms with van der Waals surface area (Å²) < 4.78 is 19.4. The number of benzene rings is 4. The zero-order valence-corrected chi connectivity index (χ0v) is 19.1. The third-order valence-corrected chi connectivity index (χ3v) is 5.28. The van der Waals surface area contributed by atoms with Gasteiger partial charge in [-0.15, -0.1) is 0 Å². The Morgan fingerprint density at radius 1 is 0.722 bits per heavy atom. The molecule has 0 unspecified atom stereocenters. The number of aromatic nitrogens is 2. The molecular weight excluding hydrogens is 455 g/mol. The number of halogens is 1. The molecule has 176 valence electrons. The van der Waals surface area contributed by atoms with Gasteiger partial charge in [-0.1, -0.05) is 36.4 Å². The number of hydrogen-bond acceptors (Lipinski definition) is 5. The van der Waals surface area contributed by atoms with Crippen LogP contribution in [0.3, 0.4) is 0 Å². The molecular formula is C29H21FN4O2. The number of hydrogen-bond donors (Lipinski definition) is 2. The van der Waals surface area contributed by atoms with Crippen LogP contribution in [-0.2, 0) is 0 Å². The van der Waals surface area contributed by atoms with Gasteiger partial charge in [0.1, 0.15) is 29.5 Å². The van der Waals surface area contributed by atoms with Crippen LogP contribution in [0.2, 0.25) is 0 Å². The molecule has 0 saturated carbocycles. The van der Waals surface area contributed by atoms with Crippen molar-refractivity contribution in [3.63, 3.8) is 0 Å². The zero-order chi connectivity index (χ0) is 24.7. The predicted molar refractivity (Wildman–Crippen MR) is 138 cm³/mol. The highest BCUT2D eigenvalue weighted by Gasteiger charge is 2.09. The Bertz CT molecular complexity index is 1490. The van der Waals surface area contributed by atoms with E-state index in [0.717, 1.165) is 5.75 Å². The SMILES string of the molecule is O=C(Nc1ccc(Oc2ccccc2)cc1)c1cccc(Nc2cc(-c3cccc(F)c3)ncn2)c1. The fraction of sp³-hybridized carbons (Fsp3) is 0. The van der Waals surface area contributed by atoms with E-state index in [1.165, 1.54) is 18.5 Å². The van der Waals surface area contributed by atoms with Crippen LogP contribution in [0.25, 0.3) is 11.3 Å². The van der Waals surface area contributed by atoms with Crippen LogP contribution in [-0.4, -0.2) is 15.9 Å². The van der Waals surface area contributed by atoms with Gasteiger partial charge in [-0.2, -0.15) is 0 Å². The molecule has 5 aromatic rings. The number of rotatable bonds is 7. The Labute approximate surface area is 207 Å². The van der Waals surface area contributed by atoms with Gasteiger partial charge >= 0.3 is 0 Å². The Morgan fingerprint density at radius 2 is 1.50 bits per heavy atom. The number of ether oxygens (including phenoxy) is 1. The summed E-state index contributed by atoms with van der Waals surface area (Å²) >= 11 is 0. The molecule has 0 bridgehead atoms. The van der Waals surface area contributed by atoms with Gasteiger partial charge in [0.25, 0.3) is 5.91 Å². The molecule has 1 aromatic heterocycles. The molecule has 5 rings (SSSR count). The fourth-order valence-corrected chi connectivity index (χ4v) is 3.55. The van der Waals surface area contributed by atoms with Crippen molar-refractivity contribution in [2.75, 3.05) is 10.6 Å². The molecule has 6 nitrogen and oxygen atoms in total. The molecule has 0 fully saturated rings. The number of para-hydroxylation sites is 1. The zero-order valence-electron chi connectivity index (χ0n) is 19.1. The topological polar surface area (TPSA) is 76.1 Å². The van der Waals surface area contributed by atoms with Gasteiger partial charge in [0.2, 0.25) is 0 Å². The number of nitrogens with one attached hydrogen (secondary N) is 2. The largest absolute Gasteiger partial charge is 0.457 e. The van der Waals surface area contributed by atoms with Crippen molar-refractivity contribution in [1.29, 1.82) is 0 Å². The minimum absolute atomic E-state index is 0.251. The van der Waals surface area contributed by atoms with E-state index in [1.54, 1.807) is 60.7 Å². The summed E-state index contributed by atoms with van der Waals surface area (Å²) in [4.78, 5) is 21.3. The summed E-state index contributed by atoms with van der Waals surface area (Å²) in [6.45, 7) is 0. The van der Waals surface area contributed by atoms with Crippen LogP contribution in [0.5, 0.6) is 11.5 Å². The third-order valence-electron chi connectivity index (χ3n) is 5.28. The van der Waals surface area contributed by atoms with E-state index in [0.29, 0.717) is 39.8 Å². The first kappa shape index (κ1) is 22.7. The highest BCUT2D eigenvalue weighted by Crippen LogP contribution is 2.24. The molecule has 4 aromatic carbocycles. The second-order valence-electron chi connectivity index (χ2n) is 7.90. The highest BCUT2D eigenvalue weighted by molar-refractivity contribution is 6.04. The van der Waals surface area contributed by atoms with Crippen LogP contribution in [0, 0.1) is 5.82 Å². The molecule has 0 atom stereocenters. The minimum atomic E-state index is -0.335. The van der Waals surface area contributed by atoms with E-state index in [-0.39, 0.29) is 11.7 Å². The van der Waals surface area contributed by atoms with Crippen molar-refractivity contribution in [2.24, 2.45) is 0 Å². The summed E-state index contributed by atoms with van der Waals surface area (Å²) in [7, 11) is 0. The summed E-state index contributed by atoms with van der Waals surface area (Å²) in [6, 6.07) is 31.6. The fourth-order valence-electron chi connectivity index (χ4n) is 3.55. The molecule has 2 N–H and O–H groups in total. The summed E-state index contributed by atoms with van der Waals surface area (Å²) in [5, 5.41) is 6.07. The summed E-state index contributed by atoms with van der Waals surface area (Å²) in [6.07, 6.45) is 1.41. The second-order valence-corrected chi connectivity index (χ2v) is 7.90. The van der Waals surface area contributed by atoms with Crippen molar-refractivity contribution in [1.82, 2.24) is 9.97 Å². The van der Waals surface area contributed by atoms with E-state index in [9.17, 15) is 9.18 Å². The standard InChI is InChI=1S/C29H21FN4O2/c30-22-8-4-6-20(16-22)27-18-28(32-19-31-27)33-24-9-5-7-21(17-24)29(35)34-23-12-14-26(15-13-23)36-25-10-2-1-3-11-25/h1-19H,(H,34,35)(H,31,32,33). The van der Waals surface area contributed by atoms with Crippen LogP contribution < -0.4 is 15.4 Å². The molecule has 0 aliphatic rings. The molecule has 0 saturated heterocycles. The number of nitrogens with zero attached hydrogens (tertiary/aromatic N) is 2. The minimum Gasteiger partial charge on any atom is -0.457 e. The van der Waals surface area contributed by atoms with Gasteiger partial charge in [-0.05, 0) is 66.7 Å². The number of carbonyl (C=O) groups excluding carboxylic acids is 1. The summed E-state index contributed by atoms with van der Waals surface area (Å²) in [5.41, 5.74) is 3.03. The van der Waals surface area contributed by atoms with Crippen molar-refractivity contribution >= 4 is 23.1 Å². The monoisotopic (exact) mass is 476 g/mol. The average Bonchev–Trinajstić information content (AvgIpc) is 2.91. The first-order valence-electron chi connectivity index (χ1n) is 11.2. The van der Waals surface area contributed by atoms with Crippen molar-refractivity contribution in [3.8, 4) is 22.8 Å². The van der Waals surface area contributed by atoms with Gasteiger partial charge in [-0.25, -0.2) is 14.4 Å². The normalized spacial score (nSPS) is 10.5. The maximum atomic E-state index is 13.6. The Balaban J connectivity index is 1.25. The van der Waals surface area contributed by atoms with Crippen LogP contribution >= 0.6 is 0 Å². The van der Waals surface area contributed by atoms with Gasteiger partial charge in [0, 0.05) is 28.6 Å². The lowest BCUT2D eigenvalue weighted by Crippen LogP contribution is -2.12. The maximum Gasteiger partial charge on any atom is 0.255 e. The number of amides is 1. The Morgan fingerprint density at radius 3 is 2.31 bits per heavy atom. The van der Waals surface area contributed by atoms with E-state index >= 15 is 0 Å². The van der Waals surface area contributed by atoms with Crippen molar-refractivity contribution in [2.45, 2.75) is 0 Å². The molecule has 1 amide bonds. The van der Waals surface area contributed by atoms with E-state index in [2.05, 4.69) is 20.6 Å².